The van der Waals surface area contributed by atoms with Gasteiger partial charge in [0.15, 0.2) is 5.41 Å². The van der Waals surface area contributed by atoms with Gasteiger partial charge < -0.3 is 9.47 Å². The van der Waals surface area contributed by atoms with Gasteiger partial charge in [-0.15, -0.1) is 0 Å². The van der Waals surface area contributed by atoms with Crippen LogP contribution >= 0.6 is 0 Å². The quantitative estimate of drug-likeness (QED) is 0.535. The van der Waals surface area contributed by atoms with Crippen molar-refractivity contribution < 1.29 is 19.1 Å². The fourth-order valence-electron chi connectivity index (χ4n) is 4.40. The van der Waals surface area contributed by atoms with E-state index in [9.17, 15) is 9.59 Å². The van der Waals surface area contributed by atoms with E-state index in [4.69, 9.17) is 9.47 Å². The van der Waals surface area contributed by atoms with Crippen molar-refractivity contribution in [3.63, 3.8) is 0 Å². The number of hydrogen-bond acceptors (Lipinski definition) is 4. The fourth-order valence-corrected chi connectivity index (χ4v) is 4.40. The second-order valence-electron chi connectivity index (χ2n) is 6.74. The normalized spacial score (nSPS) is 22.5. The van der Waals surface area contributed by atoms with Crippen molar-refractivity contribution in [2.45, 2.75) is 66.7 Å². The standard InChI is InChI=1S/C20H30O4/c1-6-14-10-15-11-20(18(21)23-8-3,19(22)24-9-4)12-17(15)13(5)16(14)7-2/h15H,6-12H2,1-5H3. The Morgan fingerprint density at radius 1 is 1.04 bits per heavy atom. The molecule has 0 heterocycles. The summed E-state index contributed by atoms with van der Waals surface area (Å²) >= 11 is 0. The maximum atomic E-state index is 12.7. The Balaban J connectivity index is 2.43. The molecule has 4 heteroatoms. The number of ether oxygens (including phenoxy) is 2. The zero-order valence-electron chi connectivity index (χ0n) is 15.7. The van der Waals surface area contributed by atoms with Crippen molar-refractivity contribution in [3.05, 3.63) is 22.3 Å². The van der Waals surface area contributed by atoms with E-state index in [1.165, 1.54) is 22.3 Å². The molecule has 0 aromatic heterocycles. The molecule has 0 spiro atoms. The maximum absolute atomic E-state index is 12.7. The molecule has 4 nitrogen and oxygen atoms in total. The van der Waals surface area contributed by atoms with E-state index < -0.39 is 17.4 Å². The van der Waals surface area contributed by atoms with E-state index in [-0.39, 0.29) is 19.1 Å². The minimum Gasteiger partial charge on any atom is -0.465 e. The van der Waals surface area contributed by atoms with Gasteiger partial charge in [-0.25, -0.2) is 0 Å². The van der Waals surface area contributed by atoms with Gasteiger partial charge >= 0.3 is 11.9 Å². The summed E-state index contributed by atoms with van der Waals surface area (Å²) < 4.78 is 10.5. The predicted molar refractivity (Wildman–Crippen MR) is 93.3 cm³/mol. The molecule has 0 aromatic carbocycles. The van der Waals surface area contributed by atoms with Gasteiger partial charge in [-0.2, -0.15) is 0 Å². The van der Waals surface area contributed by atoms with Crippen LogP contribution < -0.4 is 0 Å². The molecule has 0 aromatic rings. The molecule has 134 valence electrons. The summed E-state index contributed by atoms with van der Waals surface area (Å²) in [4.78, 5) is 25.4. The van der Waals surface area contributed by atoms with E-state index in [0.29, 0.717) is 12.8 Å². The molecule has 0 bridgehead atoms. The minimum absolute atomic E-state index is 0.254. The van der Waals surface area contributed by atoms with Crippen molar-refractivity contribution in [1.29, 1.82) is 0 Å². The highest BCUT2D eigenvalue weighted by molar-refractivity contribution is 6.01. The lowest BCUT2D eigenvalue weighted by Crippen LogP contribution is -2.40. The first-order valence-corrected chi connectivity index (χ1v) is 9.20. The van der Waals surface area contributed by atoms with Crippen LogP contribution in [0.4, 0.5) is 0 Å². The Morgan fingerprint density at radius 3 is 2.08 bits per heavy atom. The average molecular weight is 334 g/mol. The van der Waals surface area contributed by atoms with Gasteiger partial charge in [0.05, 0.1) is 13.2 Å². The predicted octanol–water partition coefficient (Wildman–Crippen LogP) is 4.35. The molecule has 2 aliphatic rings. The highest BCUT2D eigenvalue weighted by Gasteiger charge is 2.56. The van der Waals surface area contributed by atoms with E-state index in [1.54, 1.807) is 13.8 Å². The van der Waals surface area contributed by atoms with Gasteiger partial charge in [-0.3, -0.25) is 9.59 Å². The second kappa shape index (κ2) is 7.54. The van der Waals surface area contributed by atoms with E-state index in [2.05, 4.69) is 20.8 Å². The van der Waals surface area contributed by atoms with Crippen molar-refractivity contribution in [2.24, 2.45) is 11.3 Å². The summed E-state index contributed by atoms with van der Waals surface area (Å²) in [6, 6.07) is 0. The van der Waals surface area contributed by atoms with E-state index >= 15 is 0 Å². The Hall–Kier alpha value is -1.58. The molecule has 1 atom stereocenters. The minimum atomic E-state index is -1.16. The Labute approximate surface area is 145 Å². The third-order valence-corrected chi connectivity index (χ3v) is 5.55. The van der Waals surface area contributed by atoms with Crippen LogP contribution in [0, 0.1) is 11.3 Å². The molecule has 1 saturated carbocycles. The zero-order valence-corrected chi connectivity index (χ0v) is 15.7. The SMILES string of the molecule is CCOC(=O)C1(C(=O)OCC)CC2=C(C)C(CC)=C(CC)CC2C1. The number of fused-ring (bicyclic) bond motifs is 1. The molecular weight excluding hydrogens is 304 g/mol. The molecule has 0 aliphatic heterocycles. The molecule has 0 saturated heterocycles. The van der Waals surface area contributed by atoms with Crippen molar-refractivity contribution in [2.75, 3.05) is 13.2 Å². The highest BCUT2D eigenvalue weighted by Crippen LogP contribution is 2.54. The lowest BCUT2D eigenvalue weighted by atomic mass is 9.79. The second-order valence-corrected chi connectivity index (χ2v) is 6.74. The number of rotatable bonds is 6. The van der Waals surface area contributed by atoms with Crippen molar-refractivity contribution in [1.82, 2.24) is 0 Å². The van der Waals surface area contributed by atoms with Crippen LogP contribution in [0.3, 0.4) is 0 Å². The molecule has 2 rings (SSSR count). The third-order valence-electron chi connectivity index (χ3n) is 5.55. The smallest absolute Gasteiger partial charge is 0.323 e. The first-order valence-electron chi connectivity index (χ1n) is 9.20. The lowest BCUT2D eigenvalue weighted by molar-refractivity contribution is -0.171. The Bertz CT molecular complexity index is 564. The molecule has 24 heavy (non-hydrogen) atoms. The summed E-state index contributed by atoms with van der Waals surface area (Å²) in [6.07, 6.45) is 3.93. The van der Waals surface area contributed by atoms with Crippen molar-refractivity contribution in [3.8, 4) is 0 Å². The van der Waals surface area contributed by atoms with Gasteiger partial charge in [0, 0.05) is 0 Å². The summed E-state index contributed by atoms with van der Waals surface area (Å²) in [5.74, 6) is -0.590. The summed E-state index contributed by atoms with van der Waals surface area (Å²) in [5.41, 5.74) is 4.25. The van der Waals surface area contributed by atoms with Gasteiger partial charge in [-0.05, 0) is 69.9 Å². The van der Waals surface area contributed by atoms with E-state index in [0.717, 1.165) is 19.3 Å². The lowest BCUT2D eigenvalue weighted by Gasteiger charge is -2.26. The van der Waals surface area contributed by atoms with Gasteiger partial charge in [-0.1, -0.05) is 25.0 Å². The molecule has 2 aliphatic carbocycles. The van der Waals surface area contributed by atoms with Gasteiger partial charge in [0.25, 0.3) is 0 Å². The summed E-state index contributed by atoms with van der Waals surface area (Å²) in [7, 11) is 0. The van der Waals surface area contributed by atoms with Crippen LogP contribution in [0.25, 0.3) is 0 Å². The molecule has 1 fully saturated rings. The van der Waals surface area contributed by atoms with Crippen LogP contribution in [0.1, 0.15) is 66.7 Å². The van der Waals surface area contributed by atoms with Crippen LogP contribution in [-0.2, 0) is 19.1 Å². The molecule has 0 radical (unpaired) electrons. The molecule has 0 amide bonds. The first kappa shape index (κ1) is 18.8. The number of hydrogen-bond donors (Lipinski definition) is 0. The third kappa shape index (κ3) is 3.03. The Morgan fingerprint density at radius 2 is 1.62 bits per heavy atom. The van der Waals surface area contributed by atoms with Crippen molar-refractivity contribution >= 4 is 11.9 Å². The molecular formula is C20H30O4. The zero-order chi connectivity index (χ0) is 17.9. The summed E-state index contributed by atoms with van der Waals surface area (Å²) in [6.45, 7) is 10.6. The topological polar surface area (TPSA) is 52.6 Å². The van der Waals surface area contributed by atoms with Gasteiger partial charge in [0.1, 0.15) is 0 Å². The number of carbonyl (C=O) groups excluding carboxylic acids is 2. The summed E-state index contributed by atoms with van der Waals surface area (Å²) in [5, 5.41) is 0. The number of carbonyl (C=O) groups is 2. The number of esters is 2. The Kier molecular flexibility index (Phi) is 5.89. The average Bonchev–Trinajstić information content (AvgIpc) is 2.96. The highest BCUT2D eigenvalue weighted by atomic mass is 16.6. The van der Waals surface area contributed by atoms with Crippen LogP contribution in [0.2, 0.25) is 0 Å². The van der Waals surface area contributed by atoms with Gasteiger partial charge in [0.2, 0.25) is 0 Å². The van der Waals surface area contributed by atoms with E-state index in [1.807, 2.05) is 0 Å². The number of allylic oxidation sites excluding steroid dienone is 4. The molecule has 0 N–H and O–H groups in total. The maximum Gasteiger partial charge on any atom is 0.323 e. The monoisotopic (exact) mass is 334 g/mol. The van der Waals surface area contributed by atoms with Crippen LogP contribution in [0.15, 0.2) is 22.3 Å². The largest absolute Gasteiger partial charge is 0.465 e. The fraction of sp³-hybridized carbons (Fsp3) is 0.700. The molecule has 1 unspecified atom stereocenters. The van der Waals surface area contributed by atoms with Crippen LogP contribution in [0.5, 0.6) is 0 Å². The van der Waals surface area contributed by atoms with Crippen LogP contribution in [-0.4, -0.2) is 25.2 Å². The first-order chi connectivity index (χ1) is 11.4.